The van der Waals surface area contributed by atoms with Gasteiger partial charge in [-0.15, -0.1) is 0 Å². The summed E-state index contributed by atoms with van der Waals surface area (Å²) >= 11 is 0. The monoisotopic (exact) mass is 246 g/mol. The molecule has 0 aromatic heterocycles. The third kappa shape index (κ3) is 4.43. The van der Waals surface area contributed by atoms with E-state index in [9.17, 15) is 0 Å². The molecule has 2 rings (SSSR count). The number of nitrogens with zero attached hydrogens (tertiary/aromatic N) is 1. The van der Waals surface area contributed by atoms with Crippen LogP contribution in [0.5, 0.6) is 0 Å². The lowest BCUT2D eigenvalue weighted by Gasteiger charge is -2.26. The number of hydrogen-bond acceptors (Lipinski definition) is 2. The van der Waals surface area contributed by atoms with Crippen LogP contribution in [0.4, 0.5) is 0 Å². The van der Waals surface area contributed by atoms with Crippen molar-refractivity contribution in [1.29, 1.82) is 0 Å². The average Bonchev–Trinajstić information content (AvgIpc) is 3.12. The van der Waals surface area contributed by atoms with E-state index < -0.39 is 0 Å². The predicted molar refractivity (Wildman–Crippen MR) is 77.7 cm³/mol. The third-order valence-corrected chi connectivity index (χ3v) is 3.62. The van der Waals surface area contributed by atoms with E-state index in [2.05, 4.69) is 61.6 Å². The average molecular weight is 246 g/mol. The van der Waals surface area contributed by atoms with Crippen molar-refractivity contribution in [1.82, 2.24) is 10.2 Å². The zero-order chi connectivity index (χ0) is 13.0. The zero-order valence-corrected chi connectivity index (χ0v) is 11.9. The van der Waals surface area contributed by atoms with Gasteiger partial charge in [-0.3, -0.25) is 0 Å². The molecule has 2 heteroatoms. The van der Waals surface area contributed by atoms with E-state index in [0.717, 1.165) is 12.5 Å². The van der Waals surface area contributed by atoms with Crippen molar-refractivity contribution in [2.24, 2.45) is 5.92 Å². The first kappa shape index (κ1) is 13.6. The summed E-state index contributed by atoms with van der Waals surface area (Å²) in [6, 6.07) is 11.9. The second kappa shape index (κ2) is 6.35. The van der Waals surface area contributed by atoms with Crippen LogP contribution in [-0.4, -0.2) is 31.6 Å². The van der Waals surface area contributed by atoms with Gasteiger partial charge in [-0.25, -0.2) is 0 Å². The molecule has 1 N–H and O–H groups in total. The Morgan fingerprint density at radius 3 is 2.44 bits per heavy atom. The van der Waals surface area contributed by atoms with Crippen molar-refractivity contribution in [3.8, 4) is 0 Å². The molecule has 0 heterocycles. The first-order valence-corrected chi connectivity index (χ1v) is 7.11. The van der Waals surface area contributed by atoms with Crippen molar-refractivity contribution < 1.29 is 0 Å². The first-order valence-electron chi connectivity index (χ1n) is 7.11. The highest BCUT2D eigenvalue weighted by atomic mass is 15.1. The zero-order valence-electron chi connectivity index (χ0n) is 11.9. The highest BCUT2D eigenvalue weighted by molar-refractivity contribution is 5.19. The molecule has 2 nitrogen and oxygen atoms in total. The summed E-state index contributed by atoms with van der Waals surface area (Å²) < 4.78 is 0. The van der Waals surface area contributed by atoms with Gasteiger partial charge in [0.2, 0.25) is 0 Å². The summed E-state index contributed by atoms with van der Waals surface area (Å²) in [6.45, 7) is 3.38. The van der Waals surface area contributed by atoms with E-state index in [1.807, 2.05) is 0 Å². The van der Waals surface area contributed by atoms with Gasteiger partial charge in [0, 0.05) is 18.6 Å². The Bertz CT molecular complexity index is 343. The van der Waals surface area contributed by atoms with E-state index in [4.69, 9.17) is 0 Å². The van der Waals surface area contributed by atoms with E-state index in [1.54, 1.807) is 0 Å². The number of nitrogens with one attached hydrogen (secondary N) is 1. The van der Waals surface area contributed by atoms with E-state index in [1.165, 1.54) is 24.8 Å². The maximum atomic E-state index is 3.79. The Labute approximate surface area is 111 Å². The molecule has 2 unspecified atom stereocenters. The van der Waals surface area contributed by atoms with Crippen LogP contribution >= 0.6 is 0 Å². The summed E-state index contributed by atoms with van der Waals surface area (Å²) in [5.74, 6) is 0.989. The van der Waals surface area contributed by atoms with Gasteiger partial charge in [-0.1, -0.05) is 43.2 Å². The van der Waals surface area contributed by atoms with Gasteiger partial charge >= 0.3 is 0 Å². The maximum absolute atomic E-state index is 3.79. The van der Waals surface area contributed by atoms with Gasteiger partial charge in [0.15, 0.2) is 0 Å². The van der Waals surface area contributed by atoms with Crippen LogP contribution < -0.4 is 5.32 Å². The van der Waals surface area contributed by atoms with E-state index in [0.29, 0.717) is 12.1 Å². The molecular weight excluding hydrogens is 220 g/mol. The molecular formula is C16H26N2. The van der Waals surface area contributed by atoms with Crippen molar-refractivity contribution >= 4 is 0 Å². The molecule has 1 saturated carbocycles. The molecule has 0 saturated heterocycles. The lowest BCUT2D eigenvalue weighted by molar-refractivity contribution is 0.316. The second-order valence-electron chi connectivity index (χ2n) is 5.97. The molecule has 2 atom stereocenters. The summed E-state index contributed by atoms with van der Waals surface area (Å²) in [5, 5.41) is 3.79. The van der Waals surface area contributed by atoms with Crippen molar-refractivity contribution in [3.05, 3.63) is 35.9 Å². The van der Waals surface area contributed by atoms with Crippen LogP contribution in [0.15, 0.2) is 30.3 Å². The summed E-state index contributed by atoms with van der Waals surface area (Å²) in [5.41, 5.74) is 1.40. The molecule has 0 radical (unpaired) electrons. The van der Waals surface area contributed by atoms with Gasteiger partial charge < -0.3 is 10.2 Å². The number of benzene rings is 1. The molecule has 1 fully saturated rings. The van der Waals surface area contributed by atoms with Crippen LogP contribution in [0, 0.1) is 5.92 Å². The normalized spacial score (nSPS) is 18.9. The molecule has 18 heavy (non-hydrogen) atoms. The van der Waals surface area contributed by atoms with Crippen molar-refractivity contribution in [3.63, 3.8) is 0 Å². The lowest BCUT2D eigenvalue weighted by atomic mass is 10.0. The minimum atomic E-state index is 0.440. The predicted octanol–water partition coefficient (Wildman–Crippen LogP) is 3.07. The quantitative estimate of drug-likeness (QED) is 0.795. The molecule has 1 aromatic carbocycles. The van der Waals surface area contributed by atoms with Crippen LogP contribution in [0.3, 0.4) is 0 Å². The minimum Gasteiger partial charge on any atom is -0.308 e. The fraction of sp³-hybridized carbons (Fsp3) is 0.625. The number of rotatable bonds is 7. The van der Waals surface area contributed by atoms with Gasteiger partial charge in [0.05, 0.1) is 0 Å². The number of hydrogen-bond donors (Lipinski definition) is 1. The molecule has 0 aliphatic heterocycles. The van der Waals surface area contributed by atoms with Gasteiger partial charge in [-0.2, -0.15) is 0 Å². The lowest BCUT2D eigenvalue weighted by Crippen LogP contribution is -2.36. The fourth-order valence-corrected chi connectivity index (χ4v) is 2.57. The molecule has 1 aromatic rings. The van der Waals surface area contributed by atoms with Crippen molar-refractivity contribution in [2.75, 3.05) is 20.6 Å². The van der Waals surface area contributed by atoms with E-state index in [-0.39, 0.29) is 0 Å². The van der Waals surface area contributed by atoms with Crippen LogP contribution in [0.1, 0.15) is 37.8 Å². The molecule has 1 aliphatic rings. The third-order valence-electron chi connectivity index (χ3n) is 3.62. The smallest absolute Gasteiger partial charge is 0.0451 e. The van der Waals surface area contributed by atoms with Crippen LogP contribution in [0.2, 0.25) is 0 Å². The Morgan fingerprint density at radius 1 is 1.22 bits per heavy atom. The number of likely N-dealkylation sites (N-methyl/N-ethyl adjacent to an activating group) is 1. The van der Waals surface area contributed by atoms with Gasteiger partial charge in [-0.05, 0) is 38.9 Å². The highest BCUT2D eigenvalue weighted by Gasteiger charge is 2.25. The Hall–Kier alpha value is -0.860. The Balaban J connectivity index is 1.95. The standard InChI is InChI=1S/C16H26N2/c1-13(11-14-9-10-14)17-16(12-18(2)3)15-7-5-4-6-8-15/h4-8,13-14,16-17H,9-12H2,1-3H3. The summed E-state index contributed by atoms with van der Waals surface area (Å²) in [7, 11) is 4.28. The van der Waals surface area contributed by atoms with Crippen molar-refractivity contribution in [2.45, 2.75) is 38.3 Å². The second-order valence-corrected chi connectivity index (χ2v) is 5.97. The summed E-state index contributed by atoms with van der Waals surface area (Å²) in [4.78, 5) is 2.26. The summed E-state index contributed by atoms with van der Waals surface area (Å²) in [6.07, 6.45) is 4.21. The Morgan fingerprint density at radius 2 is 1.89 bits per heavy atom. The highest BCUT2D eigenvalue weighted by Crippen LogP contribution is 2.33. The maximum Gasteiger partial charge on any atom is 0.0451 e. The molecule has 100 valence electrons. The van der Waals surface area contributed by atoms with Gasteiger partial charge in [0.1, 0.15) is 0 Å². The largest absolute Gasteiger partial charge is 0.308 e. The minimum absolute atomic E-state index is 0.440. The molecule has 1 aliphatic carbocycles. The van der Waals surface area contributed by atoms with Crippen LogP contribution in [0.25, 0.3) is 0 Å². The van der Waals surface area contributed by atoms with E-state index >= 15 is 0 Å². The van der Waals surface area contributed by atoms with Crippen LogP contribution in [-0.2, 0) is 0 Å². The first-order chi connectivity index (χ1) is 8.65. The molecule has 0 spiro atoms. The fourth-order valence-electron chi connectivity index (χ4n) is 2.57. The SMILES string of the molecule is CC(CC1CC1)NC(CN(C)C)c1ccccc1. The molecule has 0 amide bonds. The van der Waals surface area contributed by atoms with Gasteiger partial charge in [0.25, 0.3) is 0 Å². The topological polar surface area (TPSA) is 15.3 Å². The molecule has 0 bridgehead atoms. The Kier molecular flexibility index (Phi) is 4.79.